The predicted molar refractivity (Wildman–Crippen MR) is 90.9 cm³/mol. The minimum Gasteiger partial charge on any atom is -0.371 e. The molecular formula is C19H30N2. The van der Waals surface area contributed by atoms with E-state index < -0.39 is 0 Å². The van der Waals surface area contributed by atoms with Crippen LogP contribution in [-0.4, -0.2) is 36.6 Å². The highest BCUT2D eigenvalue weighted by Gasteiger charge is 2.39. The first-order valence-corrected chi connectivity index (χ1v) is 8.54. The van der Waals surface area contributed by atoms with Crippen molar-refractivity contribution in [2.45, 2.75) is 52.0 Å². The summed E-state index contributed by atoms with van der Waals surface area (Å²) < 4.78 is 0. The van der Waals surface area contributed by atoms with Gasteiger partial charge in [-0.25, -0.2) is 0 Å². The summed E-state index contributed by atoms with van der Waals surface area (Å²) in [7, 11) is 0. The fourth-order valence-electron chi connectivity index (χ4n) is 4.03. The van der Waals surface area contributed by atoms with E-state index in [9.17, 15) is 0 Å². The van der Waals surface area contributed by atoms with Gasteiger partial charge in [-0.1, -0.05) is 18.2 Å². The zero-order valence-corrected chi connectivity index (χ0v) is 13.9. The van der Waals surface area contributed by atoms with Gasteiger partial charge >= 0.3 is 0 Å². The van der Waals surface area contributed by atoms with Crippen molar-refractivity contribution in [1.29, 1.82) is 0 Å². The van der Waals surface area contributed by atoms with E-state index in [0.29, 0.717) is 11.0 Å². The molecule has 2 nitrogen and oxygen atoms in total. The summed E-state index contributed by atoms with van der Waals surface area (Å²) in [5, 5.41) is 0. The van der Waals surface area contributed by atoms with Gasteiger partial charge in [-0.05, 0) is 77.1 Å². The molecule has 2 heterocycles. The normalized spacial score (nSPS) is 23.5. The van der Waals surface area contributed by atoms with Crippen LogP contribution in [0.2, 0.25) is 0 Å². The van der Waals surface area contributed by atoms with Crippen LogP contribution in [0.3, 0.4) is 0 Å². The van der Waals surface area contributed by atoms with Crippen molar-refractivity contribution in [1.82, 2.24) is 4.90 Å². The van der Waals surface area contributed by atoms with Crippen LogP contribution in [0.15, 0.2) is 30.3 Å². The number of hydrogen-bond donors (Lipinski definition) is 0. The Morgan fingerprint density at radius 1 is 0.810 bits per heavy atom. The van der Waals surface area contributed by atoms with Crippen LogP contribution in [0.1, 0.15) is 46.5 Å². The van der Waals surface area contributed by atoms with E-state index in [1.807, 2.05) is 0 Å². The second kappa shape index (κ2) is 5.64. The Kier molecular flexibility index (Phi) is 4.00. The van der Waals surface area contributed by atoms with E-state index in [1.54, 1.807) is 0 Å². The number of benzene rings is 1. The maximum absolute atomic E-state index is 2.67. The number of para-hydroxylation sites is 1. The van der Waals surface area contributed by atoms with Crippen molar-refractivity contribution in [2.75, 3.05) is 31.1 Å². The number of likely N-dealkylation sites (tertiary alicyclic amines) is 1. The standard InChI is InChI=1S/C19H30N2/c1-18(2,3)21-15-11-19(12-16-21)9-13-20(14-10-19)17-7-5-4-6-8-17/h4-8H,9-16H2,1-3H3. The molecule has 2 heteroatoms. The number of anilines is 1. The van der Waals surface area contributed by atoms with Crippen LogP contribution < -0.4 is 4.90 Å². The minimum absolute atomic E-state index is 0.340. The van der Waals surface area contributed by atoms with Crippen molar-refractivity contribution in [2.24, 2.45) is 5.41 Å². The monoisotopic (exact) mass is 286 g/mol. The minimum atomic E-state index is 0.340. The molecular weight excluding hydrogens is 256 g/mol. The van der Waals surface area contributed by atoms with Gasteiger partial charge in [0.25, 0.3) is 0 Å². The molecule has 0 atom stereocenters. The number of nitrogens with zero attached hydrogens (tertiary/aromatic N) is 2. The third-order valence-electron chi connectivity index (χ3n) is 5.72. The third kappa shape index (κ3) is 3.26. The van der Waals surface area contributed by atoms with Crippen molar-refractivity contribution < 1.29 is 0 Å². The molecule has 2 fully saturated rings. The van der Waals surface area contributed by atoms with Gasteiger partial charge in [-0.3, -0.25) is 4.90 Å². The lowest BCUT2D eigenvalue weighted by molar-refractivity contribution is 0.0294. The van der Waals surface area contributed by atoms with Crippen molar-refractivity contribution >= 4 is 5.69 Å². The lowest BCUT2D eigenvalue weighted by atomic mass is 9.70. The second-order valence-electron chi connectivity index (χ2n) is 7.98. The first-order valence-electron chi connectivity index (χ1n) is 8.54. The van der Waals surface area contributed by atoms with E-state index in [1.165, 1.54) is 57.5 Å². The average Bonchev–Trinajstić information content (AvgIpc) is 2.48. The van der Waals surface area contributed by atoms with E-state index in [4.69, 9.17) is 0 Å². The van der Waals surface area contributed by atoms with Gasteiger partial charge in [0, 0.05) is 24.3 Å². The number of hydrogen-bond acceptors (Lipinski definition) is 2. The quantitative estimate of drug-likeness (QED) is 0.764. The van der Waals surface area contributed by atoms with Crippen molar-refractivity contribution in [3.8, 4) is 0 Å². The van der Waals surface area contributed by atoms with Gasteiger partial charge in [0.2, 0.25) is 0 Å². The summed E-state index contributed by atoms with van der Waals surface area (Å²) in [6.07, 6.45) is 5.54. The first kappa shape index (κ1) is 14.9. The van der Waals surface area contributed by atoms with E-state index >= 15 is 0 Å². The molecule has 116 valence electrons. The Labute approximate surface area is 130 Å². The summed E-state index contributed by atoms with van der Waals surface area (Å²) in [4.78, 5) is 5.24. The molecule has 1 aromatic carbocycles. The summed E-state index contributed by atoms with van der Waals surface area (Å²) in [5.74, 6) is 0. The largest absolute Gasteiger partial charge is 0.371 e. The molecule has 21 heavy (non-hydrogen) atoms. The Hall–Kier alpha value is -1.02. The SMILES string of the molecule is CC(C)(C)N1CCC2(CCN(c3ccccc3)CC2)CC1. The van der Waals surface area contributed by atoms with Gasteiger partial charge in [0.05, 0.1) is 0 Å². The van der Waals surface area contributed by atoms with Crippen molar-refractivity contribution in [3.05, 3.63) is 30.3 Å². The van der Waals surface area contributed by atoms with Crippen molar-refractivity contribution in [3.63, 3.8) is 0 Å². The highest BCUT2D eigenvalue weighted by Crippen LogP contribution is 2.43. The summed E-state index contributed by atoms with van der Waals surface area (Å²) >= 11 is 0. The molecule has 0 aromatic heterocycles. The summed E-state index contributed by atoms with van der Waals surface area (Å²) in [6.45, 7) is 12.1. The van der Waals surface area contributed by atoms with Crippen LogP contribution >= 0.6 is 0 Å². The molecule has 0 N–H and O–H groups in total. The van der Waals surface area contributed by atoms with Gasteiger partial charge in [0.15, 0.2) is 0 Å². The third-order valence-corrected chi connectivity index (χ3v) is 5.72. The average molecular weight is 286 g/mol. The van der Waals surface area contributed by atoms with Gasteiger partial charge in [0.1, 0.15) is 0 Å². The fourth-order valence-corrected chi connectivity index (χ4v) is 4.03. The molecule has 3 rings (SSSR count). The Bertz CT molecular complexity index is 442. The van der Waals surface area contributed by atoms with Gasteiger partial charge in [-0.15, -0.1) is 0 Å². The number of rotatable bonds is 1. The Morgan fingerprint density at radius 3 is 1.86 bits per heavy atom. The molecule has 2 aliphatic heterocycles. The molecule has 2 saturated heterocycles. The fraction of sp³-hybridized carbons (Fsp3) is 0.684. The predicted octanol–water partition coefficient (Wildman–Crippen LogP) is 4.17. The van der Waals surface area contributed by atoms with Crippen LogP contribution in [0.4, 0.5) is 5.69 Å². The summed E-state index contributed by atoms with van der Waals surface area (Å²) in [5.41, 5.74) is 2.37. The maximum atomic E-state index is 2.67. The smallest absolute Gasteiger partial charge is 0.0366 e. The van der Waals surface area contributed by atoms with Crippen LogP contribution in [-0.2, 0) is 0 Å². The molecule has 1 aromatic rings. The Morgan fingerprint density at radius 2 is 1.33 bits per heavy atom. The van der Waals surface area contributed by atoms with Crippen LogP contribution in [0.25, 0.3) is 0 Å². The van der Waals surface area contributed by atoms with Crippen LogP contribution in [0.5, 0.6) is 0 Å². The van der Waals surface area contributed by atoms with Gasteiger partial charge < -0.3 is 4.90 Å². The maximum Gasteiger partial charge on any atom is 0.0366 e. The van der Waals surface area contributed by atoms with E-state index in [0.717, 1.165) is 0 Å². The summed E-state index contributed by atoms with van der Waals surface area (Å²) in [6, 6.07) is 10.9. The van der Waals surface area contributed by atoms with E-state index in [2.05, 4.69) is 60.9 Å². The zero-order valence-electron chi connectivity index (χ0n) is 13.9. The molecule has 2 aliphatic rings. The molecule has 0 aliphatic carbocycles. The lowest BCUT2D eigenvalue weighted by Crippen LogP contribution is -2.51. The molecule has 0 saturated carbocycles. The van der Waals surface area contributed by atoms with Gasteiger partial charge in [-0.2, -0.15) is 0 Å². The molecule has 0 radical (unpaired) electrons. The molecule has 0 unspecified atom stereocenters. The lowest BCUT2D eigenvalue weighted by Gasteiger charge is -2.50. The van der Waals surface area contributed by atoms with Crippen LogP contribution in [0, 0.1) is 5.41 Å². The number of piperidine rings is 2. The highest BCUT2D eigenvalue weighted by molar-refractivity contribution is 5.46. The highest BCUT2D eigenvalue weighted by atomic mass is 15.2. The molecule has 0 amide bonds. The second-order valence-corrected chi connectivity index (χ2v) is 7.98. The Balaban J connectivity index is 1.57. The molecule has 1 spiro atoms. The van der Waals surface area contributed by atoms with E-state index in [-0.39, 0.29) is 0 Å². The molecule has 0 bridgehead atoms. The topological polar surface area (TPSA) is 6.48 Å². The zero-order chi connectivity index (χ0) is 14.9. The first-order chi connectivity index (χ1) is 9.99.